The zero-order valence-electron chi connectivity index (χ0n) is 10.6. The number of carboxylic acid groups (broad SMARTS) is 1. The van der Waals surface area contributed by atoms with Gasteiger partial charge in [0.15, 0.2) is 0 Å². The van der Waals surface area contributed by atoms with Gasteiger partial charge in [-0.3, -0.25) is 9.52 Å². The Kier molecular flexibility index (Phi) is 5.33. The number of rotatable bonds is 6. The van der Waals surface area contributed by atoms with Gasteiger partial charge in [-0.2, -0.15) is 12.7 Å². The van der Waals surface area contributed by atoms with Crippen molar-refractivity contribution in [3.05, 3.63) is 28.2 Å². The van der Waals surface area contributed by atoms with E-state index in [0.29, 0.717) is 5.69 Å². The molecule has 1 aromatic rings. The molecule has 0 amide bonds. The van der Waals surface area contributed by atoms with Crippen LogP contribution in [0.3, 0.4) is 0 Å². The van der Waals surface area contributed by atoms with Crippen LogP contribution in [0.15, 0.2) is 22.7 Å². The second kappa shape index (κ2) is 6.36. The third-order valence-corrected chi connectivity index (χ3v) is 4.90. The molecule has 0 aliphatic rings. The van der Waals surface area contributed by atoms with Crippen LogP contribution in [-0.2, 0) is 15.0 Å². The van der Waals surface area contributed by atoms with Gasteiger partial charge in [0.05, 0.1) is 12.1 Å². The maximum absolute atomic E-state index is 12.0. The van der Waals surface area contributed by atoms with Crippen molar-refractivity contribution in [1.29, 1.82) is 0 Å². The Balaban J connectivity index is 2.84. The van der Waals surface area contributed by atoms with Crippen molar-refractivity contribution >= 4 is 37.8 Å². The molecule has 0 atom stereocenters. The smallest absolute Gasteiger partial charge is 0.304 e. The Morgan fingerprint density at radius 3 is 2.68 bits per heavy atom. The summed E-state index contributed by atoms with van der Waals surface area (Å²) in [5, 5.41) is 8.55. The molecule has 0 heterocycles. The second-order valence-electron chi connectivity index (χ2n) is 3.98. The molecule has 0 unspecified atom stereocenters. The van der Waals surface area contributed by atoms with Crippen LogP contribution < -0.4 is 4.72 Å². The zero-order valence-corrected chi connectivity index (χ0v) is 13.0. The molecule has 1 rings (SSSR count). The number of benzene rings is 1. The van der Waals surface area contributed by atoms with Crippen molar-refractivity contribution in [3.63, 3.8) is 0 Å². The molecule has 0 saturated heterocycles. The highest BCUT2D eigenvalue weighted by molar-refractivity contribution is 9.10. The molecule has 6 nitrogen and oxygen atoms in total. The van der Waals surface area contributed by atoms with E-state index in [1.54, 1.807) is 25.1 Å². The van der Waals surface area contributed by atoms with Gasteiger partial charge in [-0.15, -0.1) is 0 Å². The highest BCUT2D eigenvalue weighted by Gasteiger charge is 2.19. The van der Waals surface area contributed by atoms with Crippen molar-refractivity contribution in [2.45, 2.75) is 13.3 Å². The van der Waals surface area contributed by atoms with Crippen molar-refractivity contribution < 1.29 is 18.3 Å². The lowest BCUT2D eigenvalue weighted by molar-refractivity contribution is -0.137. The summed E-state index contributed by atoms with van der Waals surface area (Å²) in [6.07, 6.45) is -0.241. The van der Waals surface area contributed by atoms with Crippen LogP contribution in [0, 0.1) is 6.92 Å². The van der Waals surface area contributed by atoms with Gasteiger partial charge in [0.1, 0.15) is 0 Å². The Morgan fingerprint density at radius 1 is 1.47 bits per heavy atom. The van der Waals surface area contributed by atoms with Gasteiger partial charge in [0.2, 0.25) is 0 Å². The zero-order chi connectivity index (χ0) is 14.6. The number of hydrogen-bond acceptors (Lipinski definition) is 3. The summed E-state index contributed by atoms with van der Waals surface area (Å²) < 4.78 is 28.2. The van der Waals surface area contributed by atoms with E-state index in [1.807, 2.05) is 0 Å². The average molecular weight is 351 g/mol. The van der Waals surface area contributed by atoms with Crippen LogP contribution >= 0.6 is 15.9 Å². The fourth-order valence-corrected chi connectivity index (χ4v) is 2.66. The summed E-state index contributed by atoms with van der Waals surface area (Å²) in [5.74, 6) is -1.04. The molecular weight excluding hydrogens is 336 g/mol. The van der Waals surface area contributed by atoms with Crippen molar-refractivity contribution in [2.75, 3.05) is 18.3 Å². The summed E-state index contributed by atoms with van der Waals surface area (Å²) in [7, 11) is -2.42. The molecule has 19 heavy (non-hydrogen) atoms. The second-order valence-corrected chi connectivity index (χ2v) is 6.62. The highest BCUT2D eigenvalue weighted by atomic mass is 79.9. The van der Waals surface area contributed by atoms with Gasteiger partial charge in [-0.1, -0.05) is 22.0 Å². The topological polar surface area (TPSA) is 86.7 Å². The summed E-state index contributed by atoms with van der Waals surface area (Å²) >= 11 is 3.31. The molecule has 0 radical (unpaired) electrons. The first-order valence-corrected chi connectivity index (χ1v) is 7.68. The van der Waals surface area contributed by atoms with Gasteiger partial charge >= 0.3 is 16.2 Å². The Morgan fingerprint density at radius 2 is 2.11 bits per heavy atom. The van der Waals surface area contributed by atoms with E-state index in [0.717, 1.165) is 14.3 Å². The summed E-state index contributed by atoms with van der Waals surface area (Å²) in [5.41, 5.74) is 1.22. The van der Waals surface area contributed by atoms with E-state index in [4.69, 9.17) is 5.11 Å². The number of nitrogens with zero attached hydrogens (tertiary/aromatic N) is 1. The predicted octanol–water partition coefficient (Wildman–Crippen LogP) is 1.82. The van der Waals surface area contributed by atoms with Crippen molar-refractivity contribution in [1.82, 2.24) is 4.31 Å². The molecule has 0 aromatic heterocycles. The van der Waals surface area contributed by atoms with Crippen LogP contribution in [0.1, 0.15) is 12.0 Å². The number of halogens is 1. The SMILES string of the molecule is Cc1c(Br)cccc1NS(=O)(=O)N(C)CCC(=O)O. The third-order valence-electron chi connectivity index (χ3n) is 2.56. The third kappa shape index (κ3) is 4.48. The predicted molar refractivity (Wildman–Crippen MR) is 76.3 cm³/mol. The number of hydrogen-bond donors (Lipinski definition) is 2. The summed E-state index contributed by atoms with van der Waals surface area (Å²) in [4.78, 5) is 10.4. The molecule has 8 heteroatoms. The van der Waals surface area contributed by atoms with Crippen LogP contribution in [-0.4, -0.2) is 37.4 Å². The normalized spacial score (nSPS) is 11.6. The van der Waals surface area contributed by atoms with Gasteiger partial charge in [0, 0.05) is 18.1 Å². The van der Waals surface area contributed by atoms with Gasteiger partial charge in [0.25, 0.3) is 0 Å². The lowest BCUT2D eigenvalue weighted by Crippen LogP contribution is -2.34. The molecular formula is C11H15BrN2O4S. The number of carbonyl (C=O) groups is 1. The summed E-state index contributed by atoms with van der Waals surface area (Å²) in [6, 6.07) is 5.16. The standard InChI is InChI=1S/C11H15BrN2O4S/c1-8-9(12)4-3-5-10(8)13-19(17,18)14(2)7-6-11(15)16/h3-5,13H,6-7H2,1-2H3,(H,15,16). The van der Waals surface area contributed by atoms with Crippen LogP contribution in [0.25, 0.3) is 0 Å². The summed E-state index contributed by atoms with van der Waals surface area (Å²) in [6.45, 7) is 1.69. The molecule has 0 aliphatic carbocycles. The van der Waals surface area contributed by atoms with Crippen LogP contribution in [0.5, 0.6) is 0 Å². The largest absolute Gasteiger partial charge is 0.481 e. The molecule has 0 bridgehead atoms. The average Bonchev–Trinajstić information content (AvgIpc) is 2.31. The van der Waals surface area contributed by atoms with Gasteiger partial charge in [-0.05, 0) is 24.6 Å². The minimum Gasteiger partial charge on any atom is -0.481 e. The maximum Gasteiger partial charge on any atom is 0.304 e. The first kappa shape index (κ1) is 15.9. The minimum absolute atomic E-state index is 0.0856. The minimum atomic E-state index is -3.75. The monoisotopic (exact) mass is 350 g/mol. The van der Waals surface area contributed by atoms with E-state index < -0.39 is 16.2 Å². The van der Waals surface area contributed by atoms with Gasteiger partial charge < -0.3 is 5.11 Å². The number of aliphatic carboxylic acids is 1. The van der Waals surface area contributed by atoms with Crippen molar-refractivity contribution in [2.24, 2.45) is 0 Å². The van der Waals surface area contributed by atoms with Gasteiger partial charge in [-0.25, -0.2) is 0 Å². The fraction of sp³-hybridized carbons (Fsp3) is 0.364. The number of anilines is 1. The quantitative estimate of drug-likeness (QED) is 0.819. The van der Waals surface area contributed by atoms with E-state index >= 15 is 0 Å². The molecule has 0 saturated carbocycles. The van der Waals surface area contributed by atoms with E-state index in [2.05, 4.69) is 20.7 Å². The number of nitrogens with one attached hydrogen (secondary N) is 1. The molecule has 1 aromatic carbocycles. The first-order valence-electron chi connectivity index (χ1n) is 5.45. The fourth-order valence-electron chi connectivity index (χ4n) is 1.31. The molecule has 0 spiro atoms. The molecule has 0 aliphatic heterocycles. The molecule has 106 valence electrons. The van der Waals surface area contributed by atoms with E-state index in [-0.39, 0.29) is 13.0 Å². The first-order chi connectivity index (χ1) is 8.74. The molecule has 2 N–H and O–H groups in total. The lowest BCUT2D eigenvalue weighted by Gasteiger charge is -2.18. The highest BCUT2D eigenvalue weighted by Crippen LogP contribution is 2.24. The Bertz CT molecular complexity index is 574. The Hall–Kier alpha value is -1.12. The van der Waals surface area contributed by atoms with E-state index in [9.17, 15) is 13.2 Å². The maximum atomic E-state index is 12.0. The lowest BCUT2D eigenvalue weighted by atomic mass is 10.2. The van der Waals surface area contributed by atoms with Crippen LogP contribution in [0.2, 0.25) is 0 Å². The van der Waals surface area contributed by atoms with Crippen LogP contribution in [0.4, 0.5) is 5.69 Å². The molecule has 0 fully saturated rings. The Labute approximate surface area is 120 Å². The number of carboxylic acids is 1. The van der Waals surface area contributed by atoms with E-state index in [1.165, 1.54) is 7.05 Å². The van der Waals surface area contributed by atoms with Crippen molar-refractivity contribution in [3.8, 4) is 0 Å².